The number of aliphatic hydroxyl groups is 1. The molecule has 8 heteroatoms. The van der Waals surface area contributed by atoms with Crippen LogP contribution >= 0.6 is 0 Å². The summed E-state index contributed by atoms with van der Waals surface area (Å²) in [7, 11) is -3.31. The number of amides is 2. The van der Waals surface area contributed by atoms with E-state index in [4.69, 9.17) is 4.74 Å². The fraction of sp³-hybridized carbons (Fsp3) is 0.486. The number of anilines is 3. The molecule has 1 saturated heterocycles. The molecular formula is C35H45FN2O4Si. The van der Waals surface area contributed by atoms with Crippen molar-refractivity contribution < 1.29 is 23.5 Å². The fourth-order valence-electron chi connectivity index (χ4n) is 7.40. The maximum atomic E-state index is 16.0. The molecule has 2 amide bonds. The first-order chi connectivity index (χ1) is 20.4. The third-order valence-corrected chi connectivity index (χ3v) is 11.9. The molecule has 0 radical (unpaired) electrons. The van der Waals surface area contributed by atoms with Crippen molar-refractivity contribution in [3.63, 3.8) is 0 Å². The molecule has 1 spiro atoms. The van der Waals surface area contributed by atoms with E-state index in [0.29, 0.717) is 30.6 Å². The average Bonchev–Trinajstić information content (AvgIpc) is 3.37. The smallest absolute Gasteiger partial charge is 0.264 e. The molecule has 0 unspecified atom stereocenters. The van der Waals surface area contributed by atoms with E-state index in [0.717, 1.165) is 29.8 Å². The molecule has 3 aliphatic heterocycles. The van der Waals surface area contributed by atoms with Gasteiger partial charge in [-0.25, -0.2) is 0 Å². The lowest BCUT2D eigenvalue weighted by atomic mass is 9.82. The molecule has 0 saturated carbocycles. The van der Waals surface area contributed by atoms with Crippen LogP contribution in [0.25, 0.3) is 0 Å². The average molecular weight is 605 g/mol. The molecule has 3 aliphatic rings. The summed E-state index contributed by atoms with van der Waals surface area (Å²) in [6.07, 6.45) is 6.91. The van der Waals surface area contributed by atoms with Crippen molar-refractivity contribution >= 4 is 37.3 Å². The number of hydrogen-bond acceptors (Lipinski definition) is 4. The van der Waals surface area contributed by atoms with Crippen LogP contribution in [0.2, 0.25) is 18.6 Å². The summed E-state index contributed by atoms with van der Waals surface area (Å²) >= 11 is 0. The van der Waals surface area contributed by atoms with Crippen molar-refractivity contribution in [2.75, 3.05) is 23.0 Å². The monoisotopic (exact) mass is 604 g/mol. The van der Waals surface area contributed by atoms with E-state index in [1.807, 2.05) is 49.4 Å². The Morgan fingerprint density at radius 1 is 1.09 bits per heavy atom. The van der Waals surface area contributed by atoms with Gasteiger partial charge in [0.15, 0.2) is 5.60 Å². The molecule has 0 bridgehead atoms. The van der Waals surface area contributed by atoms with Gasteiger partial charge in [-0.2, -0.15) is 0 Å². The molecule has 1 fully saturated rings. The third kappa shape index (κ3) is 5.65. The highest BCUT2D eigenvalue weighted by Gasteiger charge is 2.66. The lowest BCUT2D eigenvalue weighted by Crippen LogP contribution is -2.45. The minimum atomic E-state index is -3.31. The van der Waals surface area contributed by atoms with Crippen LogP contribution in [-0.2, 0) is 26.3 Å². The molecule has 43 heavy (non-hydrogen) atoms. The molecule has 230 valence electrons. The number of fused-ring (bicyclic) bond motifs is 3. The van der Waals surface area contributed by atoms with Crippen molar-refractivity contribution in [3.8, 4) is 0 Å². The van der Waals surface area contributed by atoms with Gasteiger partial charge in [-0.05, 0) is 89.4 Å². The zero-order chi connectivity index (χ0) is 31.1. The Morgan fingerprint density at radius 3 is 2.53 bits per heavy atom. The second kappa shape index (κ2) is 12.1. The van der Waals surface area contributed by atoms with E-state index in [1.165, 1.54) is 11.1 Å². The highest BCUT2D eigenvalue weighted by Crippen LogP contribution is 2.60. The van der Waals surface area contributed by atoms with E-state index in [9.17, 15) is 14.7 Å². The van der Waals surface area contributed by atoms with Gasteiger partial charge in [-0.1, -0.05) is 48.4 Å². The largest absolute Gasteiger partial charge is 0.396 e. The standard InChI is InChI=1S/C35H45FN2O4Si/c1-23(2)10-9-11-24(3)18-20-37-30-16-15-27(38-29-13-8-7-12-26(29)14-17-32(38)40)22-28(30)35(34(37)41)25(4)33(43(5,6)36)31(42-35)19-21-39/h7-8,10,12-13,15-16,18,22,25,31,33,39H,9,11,14,17,19-21H2,1-6H3/b24-18+/t25-,31+,33-,35+/m0/s1. The molecule has 1 N–H and O–H groups in total. The summed E-state index contributed by atoms with van der Waals surface area (Å²) in [5.41, 5.74) is 4.63. The van der Waals surface area contributed by atoms with Crippen LogP contribution in [0.5, 0.6) is 0 Å². The lowest BCUT2D eigenvalue weighted by Gasteiger charge is -2.32. The van der Waals surface area contributed by atoms with E-state index in [1.54, 1.807) is 22.9 Å². The van der Waals surface area contributed by atoms with E-state index in [2.05, 4.69) is 32.9 Å². The number of hydrogen-bond donors (Lipinski definition) is 1. The summed E-state index contributed by atoms with van der Waals surface area (Å²) in [5, 5.41) is 9.89. The predicted molar refractivity (Wildman–Crippen MR) is 173 cm³/mol. The van der Waals surface area contributed by atoms with Gasteiger partial charge in [-0.15, -0.1) is 0 Å². The van der Waals surface area contributed by atoms with Crippen LogP contribution in [0.3, 0.4) is 0 Å². The maximum Gasteiger partial charge on any atom is 0.264 e. The maximum absolute atomic E-state index is 16.0. The van der Waals surface area contributed by atoms with Crippen LogP contribution in [0.4, 0.5) is 21.2 Å². The Kier molecular flexibility index (Phi) is 8.85. The van der Waals surface area contributed by atoms with Crippen molar-refractivity contribution in [1.82, 2.24) is 0 Å². The fourth-order valence-corrected chi connectivity index (χ4v) is 9.94. The first-order valence-corrected chi connectivity index (χ1v) is 18.5. The number of aryl methyl sites for hydroxylation is 1. The van der Waals surface area contributed by atoms with Crippen LogP contribution in [0.15, 0.2) is 65.8 Å². The number of halogens is 1. The van der Waals surface area contributed by atoms with Crippen LogP contribution in [-0.4, -0.2) is 44.6 Å². The Bertz CT molecular complexity index is 1460. The van der Waals surface area contributed by atoms with Gasteiger partial charge in [0.25, 0.3) is 5.91 Å². The number of allylic oxidation sites excluding steroid dienone is 3. The van der Waals surface area contributed by atoms with Crippen molar-refractivity contribution in [1.29, 1.82) is 0 Å². The molecule has 2 aromatic rings. The summed E-state index contributed by atoms with van der Waals surface area (Å²) in [6, 6.07) is 13.6. The van der Waals surface area contributed by atoms with Crippen molar-refractivity contribution in [2.24, 2.45) is 5.92 Å². The first kappa shape index (κ1) is 31.4. The number of carbonyl (C=O) groups is 2. The highest BCUT2D eigenvalue weighted by molar-refractivity contribution is 6.72. The Balaban J connectivity index is 1.61. The van der Waals surface area contributed by atoms with E-state index >= 15 is 4.11 Å². The van der Waals surface area contributed by atoms with E-state index in [-0.39, 0.29) is 24.8 Å². The summed E-state index contributed by atoms with van der Waals surface area (Å²) in [5.74, 6) is -0.651. The highest BCUT2D eigenvalue weighted by atomic mass is 28.4. The zero-order valence-corrected chi connectivity index (χ0v) is 27.3. The number of rotatable bonds is 9. The minimum Gasteiger partial charge on any atom is -0.396 e. The van der Waals surface area contributed by atoms with Crippen LogP contribution < -0.4 is 9.80 Å². The normalized spacial score (nSPS) is 25.4. The van der Waals surface area contributed by atoms with Gasteiger partial charge < -0.3 is 18.9 Å². The predicted octanol–water partition coefficient (Wildman–Crippen LogP) is 7.49. The quantitative estimate of drug-likeness (QED) is 0.183. The molecule has 3 heterocycles. The Labute approximate surface area is 256 Å². The molecule has 0 aliphatic carbocycles. The summed E-state index contributed by atoms with van der Waals surface area (Å²) in [6.45, 7) is 11.7. The SMILES string of the molecule is CC(C)=CCC/C(C)=C/CN1C(=O)[C@]2(O[C@H](CCO)[C@@H]([Si](C)(C)F)[C@@H]2C)c2cc(N3C(=O)CCc4ccccc43)ccc21. The molecule has 2 aromatic carbocycles. The number of benzene rings is 2. The van der Waals surface area contributed by atoms with E-state index < -0.39 is 31.6 Å². The van der Waals surface area contributed by atoms with Gasteiger partial charge in [0.1, 0.15) is 0 Å². The Morgan fingerprint density at radius 2 is 1.84 bits per heavy atom. The molecule has 6 nitrogen and oxygen atoms in total. The first-order valence-electron chi connectivity index (χ1n) is 15.5. The van der Waals surface area contributed by atoms with Crippen LogP contribution in [0, 0.1) is 5.92 Å². The van der Waals surface area contributed by atoms with Gasteiger partial charge in [0, 0.05) is 42.3 Å². The zero-order valence-electron chi connectivity index (χ0n) is 26.3. The second-order valence-corrected chi connectivity index (χ2v) is 16.9. The number of para-hydroxylation sites is 1. The topological polar surface area (TPSA) is 70.1 Å². The number of carbonyl (C=O) groups excluding carboxylic acids is 2. The number of aliphatic hydroxyl groups excluding tert-OH is 1. The van der Waals surface area contributed by atoms with Crippen molar-refractivity contribution in [2.45, 2.75) is 90.1 Å². The van der Waals surface area contributed by atoms with Gasteiger partial charge in [-0.3, -0.25) is 14.5 Å². The second-order valence-electron chi connectivity index (χ2n) is 13.1. The lowest BCUT2D eigenvalue weighted by molar-refractivity contribution is -0.146. The van der Waals surface area contributed by atoms with Gasteiger partial charge in [0.2, 0.25) is 14.3 Å². The molecule has 0 aromatic heterocycles. The summed E-state index contributed by atoms with van der Waals surface area (Å²) < 4.78 is 22.7. The summed E-state index contributed by atoms with van der Waals surface area (Å²) in [4.78, 5) is 31.4. The van der Waals surface area contributed by atoms with Gasteiger partial charge in [0.05, 0.1) is 17.5 Å². The number of nitrogens with zero attached hydrogens (tertiary/aromatic N) is 2. The third-order valence-electron chi connectivity index (χ3n) is 9.42. The van der Waals surface area contributed by atoms with Crippen molar-refractivity contribution in [3.05, 3.63) is 76.9 Å². The van der Waals surface area contributed by atoms with Crippen LogP contribution in [0.1, 0.15) is 64.5 Å². The minimum absolute atomic E-state index is 0.00229. The number of ether oxygens (including phenoxy) is 1. The molecule has 5 rings (SSSR count). The van der Waals surface area contributed by atoms with Gasteiger partial charge >= 0.3 is 0 Å². The Hall–Kier alpha value is -3.07. The molecule has 4 atom stereocenters. The molecular weight excluding hydrogens is 559 g/mol.